The number of benzene rings is 2. The maximum atomic E-state index is 12.4. The van der Waals surface area contributed by atoms with Gasteiger partial charge in [-0.1, -0.05) is 50.2 Å². The normalized spacial score (nSPS) is 12.2. The van der Waals surface area contributed by atoms with Crippen LogP contribution in [-0.2, 0) is 9.84 Å². The summed E-state index contributed by atoms with van der Waals surface area (Å²) in [6.45, 7) is 4.08. The van der Waals surface area contributed by atoms with Crippen molar-refractivity contribution in [3.05, 3.63) is 42.5 Å². The van der Waals surface area contributed by atoms with Crippen LogP contribution in [-0.4, -0.2) is 14.2 Å². The van der Waals surface area contributed by atoms with Gasteiger partial charge in [0, 0.05) is 5.39 Å². The van der Waals surface area contributed by atoms with Gasteiger partial charge in [0.05, 0.1) is 10.6 Å². The van der Waals surface area contributed by atoms with Crippen LogP contribution in [0.5, 0.6) is 0 Å². The molecule has 0 spiro atoms. The van der Waals surface area contributed by atoms with E-state index in [1.165, 1.54) is 0 Å². The Kier molecular flexibility index (Phi) is 3.71. The number of rotatable bonds is 4. The molecule has 2 rings (SSSR count). The fraction of sp³-hybridized carbons (Fsp3) is 0.333. The van der Waals surface area contributed by atoms with Gasteiger partial charge in [0.1, 0.15) is 0 Å². The van der Waals surface area contributed by atoms with Crippen molar-refractivity contribution in [2.45, 2.75) is 25.2 Å². The third-order valence-electron chi connectivity index (χ3n) is 3.05. The first kappa shape index (κ1) is 13.1. The lowest BCUT2D eigenvalue weighted by atomic mass is 10.1. The summed E-state index contributed by atoms with van der Waals surface area (Å²) >= 11 is 0. The summed E-state index contributed by atoms with van der Waals surface area (Å²) < 4.78 is 24.7. The topological polar surface area (TPSA) is 34.1 Å². The Balaban J connectivity index is 2.47. The van der Waals surface area contributed by atoms with Gasteiger partial charge in [-0.3, -0.25) is 0 Å². The summed E-state index contributed by atoms with van der Waals surface area (Å²) in [7, 11) is -3.18. The van der Waals surface area contributed by atoms with Crippen molar-refractivity contribution in [2.75, 3.05) is 5.75 Å². The van der Waals surface area contributed by atoms with Crippen molar-refractivity contribution in [1.82, 2.24) is 0 Å². The minimum Gasteiger partial charge on any atom is -0.224 e. The van der Waals surface area contributed by atoms with E-state index in [2.05, 4.69) is 0 Å². The monoisotopic (exact) mass is 262 g/mol. The highest BCUT2D eigenvalue weighted by molar-refractivity contribution is 7.91. The molecule has 0 saturated carbocycles. The Morgan fingerprint density at radius 1 is 1.00 bits per heavy atom. The highest BCUT2D eigenvalue weighted by Crippen LogP contribution is 2.24. The van der Waals surface area contributed by atoms with E-state index >= 15 is 0 Å². The standard InChI is InChI=1S/C15H18O2S/c1-12(2)10-11-18(16,17)15-9-5-7-13-6-3-4-8-14(13)15/h3-9,12H,10-11H2,1-2H3. The Bertz CT molecular complexity index is 637. The van der Waals surface area contributed by atoms with E-state index in [1.807, 2.05) is 50.2 Å². The molecule has 2 nitrogen and oxygen atoms in total. The number of fused-ring (bicyclic) bond motifs is 1. The second-order valence-corrected chi connectivity index (χ2v) is 7.06. The van der Waals surface area contributed by atoms with E-state index in [1.54, 1.807) is 6.07 Å². The van der Waals surface area contributed by atoms with Gasteiger partial charge in [-0.25, -0.2) is 8.42 Å². The summed E-state index contributed by atoms with van der Waals surface area (Å²) in [6.07, 6.45) is 0.700. The van der Waals surface area contributed by atoms with E-state index in [-0.39, 0.29) is 5.75 Å². The quantitative estimate of drug-likeness (QED) is 0.842. The van der Waals surface area contributed by atoms with Crippen LogP contribution in [0.15, 0.2) is 47.4 Å². The van der Waals surface area contributed by atoms with Gasteiger partial charge in [0.25, 0.3) is 0 Å². The summed E-state index contributed by atoms with van der Waals surface area (Å²) in [5, 5.41) is 1.80. The molecular weight excluding hydrogens is 244 g/mol. The average Bonchev–Trinajstić information content (AvgIpc) is 2.36. The van der Waals surface area contributed by atoms with Crippen molar-refractivity contribution in [3.8, 4) is 0 Å². The molecule has 0 aromatic heterocycles. The lowest BCUT2D eigenvalue weighted by molar-refractivity contribution is 0.574. The molecule has 0 aliphatic heterocycles. The molecule has 0 aliphatic rings. The predicted octanol–water partition coefficient (Wildman–Crippen LogP) is 3.66. The smallest absolute Gasteiger partial charge is 0.179 e. The van der Waals surface area contributed by atoms with Gasteiger partial charge in [0.15, 0.2) is 9.84 Å². The van der Waals surface area contributed by atoms with Crippen LogP contribution in [0.3, 0.4) is 0 Å². The Hall–Kier alpha value is -1.35. The Labute approximate surface area is 109 Å². The molecule has 0 radical (unpaired) electrons. The second-order valence-electron chi connectivity index (χ2n) is 4.98. The van der Waals surface area contributed by atoms with Crippen molar-refractivity contribution >= 4 is 20.6 Å². The molecule has 0 bridgehead atoms. The minimum absolute atomic E-state index is 0.221. The molecule has 2 aromatic carbocycles. The van der Waals surface area contributed by atoms with E-state index in [9.17, 15) is 8.42 Å². The molecule has 0 heterocycles. The summed E-state index contributed by atoms with van der Waals surface area (Å²) in [5.74, 6) is 0.619. The molecule has 0 amide bonds. The molecule has 2 aromatic rings. The molecule has 0 aliphatic carbocycles. The molecule has 0 atom stereocenters. The molecule has 96 valence electrons. The zero-order valence-electron chi connectivity index (χ0n) is 10.8. The van der Waals surface area contributed by atoms with Gasteiger partial charge in [-0.15, -0.1) is 0 Å². The SMILES string of the molecule is CC(C)CCS(=O)(=O)c1cccc2ccccc12. The van der Waals surface area contributed by atoms with Crippen LogP contribution in [0.4, 0.5) is 0 Å². The van der Waals surface area contributed by atoms with E-state index in [0.29, 0.717) is 17.2 Å². The lowest BCUT2D eigenvalue weighted by Crippen LogP contribution is -2.09. The summed E-state index contributed by atoms with van der Waals surface area (Å²) in [4.78, 5) is 0.459. The maximum absolute atomic E-state index is 12.4. The molecule has 0 unspecified atom stereocenters. The molecule has 0 N–H and O–H groups in total. The minimum atomic E-state index is -3.18. The zero-order chi connectivity index (χ0) is 13.2. The first-order chi connectivity index (χ1) is 8.50. The average molecular weight is 262 g/mol. The Morgan fingerprint density at radius 3 is 2.39 bits per heavy atom. The largest absolute Gasteiger partial charge is 0.224 e. The Morgan fingerprint density at radius 2 is 1.67 bits per heavy atom. The molecule has 0 saturated heterocycles. The third-order valence-corrected chi connectivity index (χ3v) is 4.85. The number of hydrogen-bond acceptors (Lipinski definition) is 2. The van der Waals surface area contributed by atoms with E-state index < -0.39 is 9.84 Å². The fourth-order valence-electron chi connectivity index (χ4n) is 1.97. The van der Waals surface area contributed by atoms with Gasteiger partial charge in [0.2, 0.25) is 0 Å². The van der Waals surface area contributed by atoms with Crippen molar-refractivity contribution in [3.63, 3.8) is 0 Å². The second kappa shape index (κ2) is 5.11. The maximum Gasteiger partial charge on any atom is 0.179 e. The summed E-state index contributed by atoms with van der Waals surface area (Å²) in [5.41, 5.74) is 0. The van der Waals surface area contributed by atoms with Crippen LogP contribution in [0.1, 0.15) is 20.3 Å². The molecule has 18 heavy (non-hydrogen) atoms. The zero-order valence-corrected chi connectivity index (χ0v) is 11.6. The van der Waals surface area contributed by atoms with E-state index in [0.717, 1.165) is 10.8 Å². The summed E-state index contributed by atoms with van der Waals surface area (Å²) in [6, 6.07) is 13.1. The molecule has 3 heteroatoms. The van der Waals surface area contributed by atoms with Crippen molar-refractivity contribution < 1.29 is 8.42 Å². The van der Waals surface area contributed by atoms with Crippen LogP contribution in [0, 0.1) is 5.92 Å². The first-order valence-electron chi connectivity index (χ1n) is 6.21. The van der Waals surface area contributed by atoms with Crippen LogP contribution >= 0.6 is 0 Å². The highest BCUT2D eigenvalue weighted by atomic mass is 32.2. The predicted molar refractivity (Wildman–Crippen MR) is 75.5 cm³/mol. The van der Waals surface area contributed by atoms with Crippen molar-refractivity contribution in [2.24, 2.45) is 5.92 Å². The number of sulfone groups is 1. The van der Waals surface area contributed by atoms with Gasteiger partial charge >= 0.3 is 0 Å². The molecular formula is C15H18O2S. The van der Waals surface area contributed by atoms with Crippen LogP contribution < -0.4 is 0 Å². The third kappa shape index (κ3) is 2.72. The molecule has 0 fully saturated rings. The van der Waals surface area contributed by atoms with E-state index in [4.69, 9.17) is 0 Å². The number of hydrogen-bond donors (Lipinski definition) is 0. The fourth-order valence-corrected chi connectivity index (χ4v) is 3.78. The van der Waals surface area contributed by atoms with Crippen molar-refractivity contribution in [1.29, 1.82) is 0 Å². The van der Waals surface area contributed by atoms with Crippen LogP contribution in [0.25, 0.3) is 10.8 Å². The first-order valence-corrected chi connectivity index (χ1v) is 7.86. The van der Waals surface area contributed by atoms with Gasteiger partial charge < -0.3 is 0 Å². The van der Waals surface area contributed by atoms with Gasteiger partial charge in [-0.05, 0) is 23.8 Å². The highest BCUT2D eigenvalue weighted by Gasteiger charge is 2.17. The lowest BCUT2D eigenvalue weighted by Gasteiger charge is -2.09. The van der Waals surface area contributed by atoms with Gasteiger partial charge in [-0.2, -0.15) is 0 Å². The van der Waals surface area contributed by atoms with Crippen LogP contribution in [0.2, 0.25) is 0 Å².